The van der Waals surface area contributed by atoms with Crippen molar-refractivity contribution in [3.8, 4) is 17.4 Å². The molecule has 0 bridgehead atoms. The van der Waals surface area contributed by atoms with Gasteiger partial charge in [-0.15, -0.1) is 0 Å². The van der Waals surface area contributed by atoms with Crippen molar-refractivity contribution in [2.24, 2.45) is 0 Å². The molecule has 0 radical (unpaired) electrons. The van der Waals surface area contributed by atoms with E-state index >= 15 is 0 Å². The molecule has 3 aliphatic heterocycles. The zero-order valence-electron chi connectivity index (χ0n) is 18.8. The van der Waals surface area contributed by atoms with Crippen LogP contribution in [0.4, 0.5) is 16.2 Å². The van der Waals surface area contributed by atoms with Gasteiger partial charge in [0.2, 0.25) is 5.88 Å². The van der Waals surface area contributed by atoms with Crippen LogP contribution in [0, 0.1) is 0 Å². The number of anilines is 2. The summed E-state index contributed by atoms with van der Waals surface area (Å²) in [6, 6.07) is 11.5. The van der Waals surface area contributed by atoms with Gasteiger partial charge in [0.25, 0.3) is 0 Å². The Hall–Kier alpha value is -3.79. The second kappa shape index (κ2) is 8.53. The van der Waals surface area contributed by atoms with Gasteiger partial charge in [-0.2, -0.15) is 0 Å². The molecule has 10 nitrogen and oxygen atoms in total. The first-order valence-corrected chi connectivity index (χ1v) is 11.3. The maximum absolute atomic E-state index is 12.5. The lowest BCUT2D eigenvalue weighted by Gasteiger charge is -2.41. The van der Waals surface area contributed by atoms with Gasteiger partial charge in [0.1, 0.15) is 24.8 Å². The number of nitrogens with one attached hydrogen (secondary N) is 1. The molecule has 1 aromatic carbocycles. The van der Waals surface area contributed by atoms with Crippen LogP contribution in [-0.2, 0) is 4.74 Å². The lowest BCUT2D eigenvalue weighted by atomic mass is 10.1. The number of rotatable bonds is 6. The zero-order valence-corrected chi connectivity index (χ0v) is 18.8. The highest BCUT2D eigenvalue weighted by Gasteiger charge is 2.35. The van der Waals surface area contributed by atoms with Gasteiger partial charge in [-0.3, -0.25) is 9.88 Å². The van der Waals surface area contributed by atoms with E-state index in [1.54, 1.807) is 18.2 Å². The SMILES string of the molecule is COc1ccc2nccc(N3CC(NC[C@@H]4CN(c5ccc6c(c5)OCCO6)C(=O)O4)C3)c2n1. The molecule has 0 aliphatic carbocycles. The Kier molecular flexibility index (Phi) is 5.21. The van der Waals surface area contributed by atoms with Crippen molar-refractivity contribution in [3.63, 3.8) is 0 Å². The first-order valence-electron chi connectivity index (χ1n) is 11.3. The van der Waals surface area contributed by atoms with Crippen molar-refractivity contribution in [3.05, 3.63) is 42.6 Å². The number of aromatic nitrogens is 2. The maximum Gasteiger partial charge on any atom is 0.414 e. The van der Waals surface area contributed by atoms with Crippen LogP contribution in [0.3, 0.4) is 0 Å². The highest BCUT2D eigenvalue weighted by molar-refractivity contribution is 5.90. The Morgan fingerprint density at radius 1 is 1.09 bits per heavy atom. The van der Waals surface area contributed by atoms with Crippen molar-refractivity contribution in [2.45, 2.75) is 12.1 Å². The normalized spacial score (nSPS) is 19.8. The standard InChI is InChI=1S/C24H25N5O5/c1-31-22-5-3-18-23(27-22)19(6-7-25-18)28-12-15(13-28)26-11-17-14-29(24(30)34-17)16-2-4-20-21(10-16)33-9-8-32-20/h2-7,10,15,17,26H,8-9,11-14H2,1H3/t17-/m1/s1. The Morgan fingerprint density at radius 2 is 1.94 bits per heavy atom. The van der Waals surface area contributed by atoms with Crippen LogP contribution in [0.2, 0.25) is 0 Å². The Labute approximate surface area is 196 Å². The van der Waals surface area contributed by atoms with Crippen LogP contribution in [0.15, 0.2) is 42.6 Å². The first kappa shape index (κ1) is 20.8. The Morgan fingerprint density at radius 3 is 2.79 bits per heavy atom. The molecule has 176 valence electrons. The summed E-state index contributed by atoms with van der Waals surface area (Å²) in [5, 5.41) is 3.52. The lowest BCUT2D eigenvalue weighted by Crippen LogP contribution is -2.59. The van der Waals surface area contributed by atoms with Gasteiger partial charge in [-0.1, -0.05) is 0 Å². The molecular weight excluding hydrogens is 438 g/mol. The number of benzene rings is 1. The van der Waals surface area contributed by atoms with Crippen molar-refractivity contribution in [1.29, 1.82) is 0 Å². The smallest absolute Gasteiger partial charge is 0.414 e. The number of methoxy groups -OCH3 is 1. The Bertz CT molecular complexity index is 1230. The third kappa shape index (κ3) is 3.79. The quantitative estimate of drug-likeness (QED) is 0.590. The number of ether oxygens (including phenoxy) is 4. The van der Waals surface area contributed by atoms with Crippen LogP contribution in [0.25, 0.3) is 11.0 Å². The molecule has 3 aromatic rings. The average Bonchev–Trinajstić information content (AvgIpc) is 3.22. The minimum absolute atomic E-state index is 0.220. The van der Waals surface area contributed by atoms with E-state index in [9.17, 15) is 4.79 Å². The van der Waals surface area contributed by atoms with Gasteiger partial charge in [0, 0.05) is 44.0 Å². The van der Waals surface area contributed by atoms with Crippen molar-refractivity contribution in [1.82, 2.24) is 15.3 Å². The zero-order chi connectivity index (χ0) is 23.1. The lowest BCUT2D eigenvalue weighted by molar-refractivity contribution is 0.137. The summed E-state index contributed by atoms with van der Waals surface area (Å²) in [5.41, 5.74) is 3.46. The topological polar surface area (TPSA) is 98.3 Å². The number of carbonyl (C=O) groups excluding carboxylic acids is 1. The molecule has 2 saturated heterocycles. The fraction of sp³-hybridized carbons (Fsp3) is 0.375. The van der Waals surface area contributed by atoms with Crippen LogP contribution in [-0.4, -0.2) is 74.7 Å². The average molecular weight is 463 g/mol. The van der Waals surface area contributed by atoms with Crippen LogP contribution < -0.4 is 29.3 Å². The number of cyclic esters (lactones) is 1. The molecule has 0 saturated carbocycles. The van der Waals surface area contributed by atoms with Crippen LogP contribution >= 0.6 is 0 Å². The summed E-state index contributed by atoms with van der Waals surface area (Å²) in [6.45, 7) is 3.79. The molecule has 6 rings (SSSR count). The molecule has 2 fully saturated rings. The second-order valence-corrected chi connectivity index (χ2v) is 8.51. The molecule has 3 aliphatic rings. The molecule has 0 spiro atoms. The minimum Gasteiger partial charge on any atom is -0.486 e. The number of fused-ring (bicyclic) bond motifs is 2. The van der Waals surface area contributed by atoms with E-state index in [2.05, 4.69) is 20.2 Å². The van der Waals surface area contributed by atoms with Gasteiger partial charge in [0.15, 0.2) is 11.5 Å². The highest BCUT2D eigenvalue weighted by Crippen LogP contribution is 2.35. The van der Waals surface area contributed by atoms with Gasteiger partial charge >= 0.3 is 6.09 Å². The maximum atomic E-state index is 12.5. The van der Waals surface area contributed by atoms with E-state index in [-0.39, 0.29) is 12.2 Å². The van der Waals surface area contributed by atoms with Crippen LogP contribution in [0.5, 0.6) is 17.4 Å². The number of hydrogen-bond donors (Lipinski definition) is 1. The van der Waals surface area contributed by atoms with Gasteiger partial charge < -0.3 is 29.2 Å². The molecular formula is C24H25N5O5. The van der Waals surface area contributed by atoms with Crippen molar-refractivity contribution < 1.29 is 23.7 Å². The highest BCUT2D eigenvalue weighted by atomic mass is 16.6. The summed E-state index contributed by atoms with van der Waals surface area (Å²) in [5.74, 6) is 1.93. The van der Waals surface area contributed by atoms with Gasteiger partial charge in [0.05, 0.1) is 30.5 Å². The predicted molar refractivity (Wildman–Crippen MR) is 125 cm³/mol. The number of hydrogen-bond acceptors (Lipinski definition) is 9. The monoisotopic (exact) mass is 463 g/mol. The minimum atomic E-state index is -0.345. The van der Waals surface area contributed by atoms with Gasteiger partial charge in [-0.05, 0) is 24.3 Å². The molecule has 10 heteroatoms. The van der Waals surface area contributed by atoms with Crippen LogP contribution in [0.1, 0.15) is 0 Å². The molecule has 1 N–H and O–H groups in total. The molecule has 34 heavy (non-hydrogen) atoms. The molecule has 1 atom stereocenters. The van der Waals surface area contributed by atoms with E-state index in [1.165, 1.54) is 0 Å². The number of pyridine rings is 2. The third-order valence-electron chi connectivity index (χ3n) is 6.31. The van der Waals surface area contributed by atoms with E-state index in [0.29, 0.717) is 49.7 Å². The summed E-state index contributed by atoms with van der Waals surface area (Å²) in [4.78, 5) is 25.3. The second-order valence-electron chi connectivity index (χ2n) is 8.51. The third-order valence-corrected chi connectivity index (χ3v) is 6.31. The molecule has 1 amide bonds. The summed E-state index contributed by atoms with van der Waals surface area (Å²) in [7, 11) is 1.61. The fourth-order valence-electron chi connectivity index (χ4n) is 4.50. The number of amides is 1. The van der Waals surface area contributed by atoms with E-state index in [4.69, 9.17) is 18.9 Å². The number of nitrogens with zero attached hydrogens (tertiary/aromatic N) is 4. The Balaban J connectivity index is 1.05. The predicted octanol–water partition coefficient (Wildman–Crippen LogP) is 2.21. The summed E-state index contributed by atoms with van der Waals surface area (Å²) in [6.07, 6.45) is 1.24. The van der Waals surface area contributed by atoms with Gasteiger partial charge in [-0.25, -0.2) is 9.78 Å². The van der Waals surface area contributed by atoms with E-state index in [0.717, 1.165) is 35.5 Å². The van der Waals surface area contributed by atoms with E-state index < -0.39 is 0 Å². The molecule has 0 unspecified atom stereocenters. The fourth-order valence-corrected chi connectivity index (χ4v) is 4.50. The van der Waals surface area contributed by atoms with Crippen molar-refractivity contribution in [2.75, 3.05) is 56.3 Å². The molecule has 5 heterocycles. The first-order chi connectivity index (χ1) is 16.7. The summed E-state index contributed by atoms with van der Waals surface area (Å²) < 4.78 is 22.1. The number of carbonyl (C=O) groups is 1. The largest absolute Gasteiger partial charge is 0.486 e. The summed E-state index contributed by atoms with van der Waals surface area (Å²) >= 11 is 0. The molecule has 2 aromatic heterocycles. The van der Waals surface area contributed by atoms with E-state index in [1.807, 2.05) is 36.4 Å². The van der Waals surface area contributed by atoms with Crippen molar-refractivity contribution >= 4 is 28.5 Å².